The fraction of sp³-hybridized carbons (Fsp3) is 0.250. The second kappa shape index (κ2) is 5.00. The summed E-state index contributed by atoms with van der Waals surface area (Å²) in [7, 11) is 1.92. The van der Waals surface area contributed by atoms with Gasteiger partial charge in [0.25, 0.3) is 0 Å². The lowest BCUT2D eigenvalue weighted by molar-refractivity contribution is 0.766. The van der Waals surface area contributed by atoms with E-state index in [1.807, 2.05) is 37.8 Å². The summed E-state index contributed by atoms with van der Waals surface area (Å²) in [6.45, 7) is 0.781. The predicted octanol–water partition coefficient (Wildman–Crippen LogP) is 1.88. The third-order valence-electron chi connectivity index (χ3n) is 2.75. The lowest BCUT2D eigenvalue weighted by atomic mass is 10.2. The summed E-state index contributed by atoms with van der Waals surface area (Å²) >= 11 is 3.41. The molecule has 0 aliphatic rings. The van der Waals surface area contributed by atoms with Crippen molar-refractivity contribution in [3.8, 4) is 0 Å². The Bertz CT molecular complexity index is 701. The summed E-state index contributed by atoms with van der Waals surface area (Å²) < 4.78 is 4.53. The van der Waals surface area contributed by atoms with E-state index in [1.54, 1.807) is 9.20 Å². The van der Waals surface area contributed by atoms with Crippen LogP contribution in [0.1, 0.15) is 5.56 Å². The molecule has 0 atom stereocenters. The normalized spacial score (nSPS) is 11.1. The van der Waals surface area contributed by atoms with Gasteiger partial charge >= 0.3 is 0 Å². The van der Waals surface area contributed by atoms with Gasteiger partial charge in [-0.2, -0.15) is 10.1 Å². The van der Waals surface area contributed by atoms with Crippen LogP contribution in [-0.2, 0) is 13.5 Å². The quantitative estimate of drug-likeness (QED) is 0.797. The first kappa shape index (κ1) is 12.2. The molecule has 0 bridgehead atoms. The molecule has 0 spiro atoms. The van der Waals surface area contributed by atoms with Crippen LogP contribution in [0.4, 0.5) is 5.95 Å². The molecule has 0 unspecified atom stereocenters. The zero-order valence-corrected chi connectivity index (χ0v) is 12.0. The monoisotopic (exact) mass is 320 g/mol. The third kappa shape index (κ3) is 2.76. The van der Waals surface area contributed by atoms with Crippen LogP contribution in [0, 0.1) is 0 Å². The number of hydrogen-bond acceptors (Lipinski definition) is 4. The highest BCUT2D eigenvalue weighted by atomic mass is 79.9. The van der Waals surface area contributed by atoms with Crippen LogP contribution >= 0.6 is 15.9 Å². The number of fused-ring (bicyclic) bond motifs is 1. The summed E-state index contributed by atoms with van der Waals surface area (Å²) in [5, 5.41) is 11.7. The number of hydrogen-bond donors (Lipinski definition) is 1. The zero-order chi connectivity index (χ0) is 13.2. The van der Waals surface area contributed by atoms with Crippen molar-refractivity contribution < 1.29 is 0 Å². The van der Waals surface area contributed by atoms with E-state index < -0.39 is 0 Å². The SMILES string of the molecule is Cn1cc(CCNc2nc3ccc(Br)cn3n2)cn1. The maximum atomic E-state index is 4.39. The molecule has 3 aromatic rings. The molecule has 7 heteroatoms. The molecule has 0 aliphatic carbocycles. The van der Waals surface area contributed by atoms with E-state index in [4.69, 9.17) is 0 Å². The van der Waals surface area contributed by atoms with Gasteiger partial charge in [0.05, 0.1) is 6.20 Å². The lowest BCUT2D eigenvalue weighted by Gasteiger charge is -1.98. The first-order valence-corrected chi connectivity index (χ1v) is 6.73. The molecular formula is C12H13BrN6. The van der Waals surface area contributed by atoms with E-state index in [2.05, 4.69) is 36.4 Å². The Morgan fingerprint density at radius 2 is 2.21 bits per heavy atom. The van der Waals surface area contributed by atoms with Crippen LogP contribution in [-0.4, -0.2) is 30.9 Å². The van der Waals surface area contributed by atoms with Crippen molar-refractivity contribution in [3.63, 3.8) is 0 Å². The molecule has 98 valence electrons. The van der Waals surface area contributed by atoms with Crippen molar-refractivity contribution in [3.05, 3.63) is 40.8 Å². The smallest absolute Gasteiger partial charge is 0.243 e. The molecule has 0 radical (unpaired) electrons. The van der Waals surface area contributed by atoms with Crippen LogP contribution < -0.4 is 5.32 Å². The number of rotatable bonds is 4. The minimum Gasteiger partial charge on any atom is -0.353 e. The van der Waals surface area contributed by atoms with Gasteiger partial charge in [0.1, 0.15) is 0 Å². The number of halogens is 1. The molecule has 1 N–H and O–H groups in total. The molecule has 3 rings (SSSR count). The maximum Gasteiger partial charge on any atom is 0.243 e. The van der Waals surface area contributed by atoms with E-state index >= 15 is 0 Å². The second-order valence-electron chi connectivity index (χ2n) is 4.28. The lowest BCUT2D eigenvalue weighted by Crippen LogP contribution is -2.05. The number of aryl methyl sites for hydroxylation is 1. The summed E-state index contributed by atoms with van der Waals surface area (Å²) in [6, 6.07) is 3.87. The Morgan fingerprint density at radius 3 is 3.00 bits per heavy atom. The van der Waals surface area contributed by atoms with E-state index in [0.717, 1.165) is 23.1 Å². The molecule has 3 aromatic heterocycles. The summed E-state index contributed by atoms with van der Waals surface area (Å²) in [5.74, 6) is 0.641. The minimum absolute atomic E-state index is 0.641. The van der Waals surface area contributed by atoms with Crippen molar-refractivity contribution in [2.45, 2.75) is 6.42 Å². The summed E-state index contributed by atoms with van der Waals surface area (Å²) in [6.07, 6.45) is 6.66. The van der Waals surface area contributed by atoms with E-state index in [-0.39, 0.29) is 0 Å². The van der Waals surface area contributed by atoms with Crippen molar-refractivity contribution in [2.75, 3.05) is 11.9 Å². The number of aromatic nitrogens is 5. The fourth-order valence-electron chi connectivity index (χ4n) is 1.85. The Morgan fingerprint density at radius 1 is 1.32 bits per heavy atom. The number of nitrogens with one attached hydrogen (secondary N) is 1. The summed E-state index contributed by atoms with van der Waals surface area (Å²) in [5.41, 5.74) is 2.02. The van der Waals surface area contributed by atoms with Crippen LogP contribution in [0.2, 0.25) is 0 Å². The van der Waals surface area contributed by atoms with Gasteiger partial charge in [-0.3, -0.25) is 4.68 Å². The van der Waals surface area contributed by atoms with Crippen LogP contribution in [0.5, 0.6) is 0 Å². The van der Waals surface area contributed by atoms with Gasteiger partial charge in [-0.15, -0.1) is 5.10 Å². The molecule has 6 nitrogen and oxygen atoms in total. The predicted molar refractivity (Wildman–Crippen MR) is 76.1 cm³/mol. The Hall–Kier alpha value is -1.89. The van der Waals surface area contributed by atoms with Gasteiger partial charge in [-0.25, -0.2) is 4.52 Å². The molecule has 0 amide bonds. The molecular weight excluding hydrogens is 308 g/mol. The third-order valence-corrected chi connectivity index (χ3v) is 3.22. The number of nitrogens with zero attached hydrogens (tertiary/aromatic N) is 5. The molecule has 3 heterocycles. The first-order valence-electron chi connectivity index (χ1n) is 5.94. The molecule has 0 aliphatic heterocycles. The fourth-order valence-corrected chi connectivity index (χ4v) is 2.18. The Kier molecular flexibility index (Phi) is 3.20. The van der Waals surface area contributed by atoms with Crippen LogP contribution in [0.3, 0.4) is 0 Å². The molecule has 0 aromatic carbocycles. The molecule has 0 saturated carbocycles. The Balaban J connectivity index is 1.65. The molecule has 0 fully saturated rings. The standard InChI is InChI=1S/C12H13BrN6/c1-18-7-9(6-15-18)4-5-14-12-16-11-3-2-10(13)8-19(11)17-12/h2-3,6-8H,4-5H2,1H3,(H,14,17). The van der Waals surface area contributed by atoms with Crippen LogP contribution in [0.25, 0.3) is 5.65 Å². The second-order valence-corrected chi connectivity index (χ2v) is 5.20. The maximum absolute atomic E-state index is 4.39. The zero-order valence-electron chi connectivity index (χ0n) is 10.4. The average Bonchev–Trinajstić information content (AvgIpc) is 2.95. The highest BCUT2D eigenvalue weighted by Gasteiger charge is 2.03. The molecule has 0 saturated heterocycles. The summed E-state index contributed by atoms with van der Waals surface area (Å²) in [4.78, 5) is 4.39. The van der Waals surface area contributed by atoms with Gasteiger partial charge in [-0.1, -0.05) is 0 Å². The highest BCUT2D eigenvalue weighted by Crippen LogP contribution is 2.12. The van der Waals surface area contributed by atoms with Gasteiger partial charge in [0, 0.05) is 30.5 Å². The van der Waals surface area contributed by atoms with Crippen molar-refractivity contribution in [2.24, 2.45) is 7.05 Å². The largest absolute Gasteiger partial charge is 0.353 e. The van der Waals surface area contributed by atoms with Gasteiger partial charge < -0.3 is 5.32 Å². The minimum atomic E-state index is 0.641. The van der Waals surface area contributed by atoms with Crippen LogP contribution in [0.15, 0.2) is 35.2 Å². The van der Waals surface area contributed by atoms with Crippen molar-refractivity contribution in [1.82, 2.24) is 24.4 Å². The van der Waals surface area contributed by atoms with E-state index in [0.29, 0.717) is 5.95 Å². The Labute approximate surface area is 118 Å². The van der Waals surface area contributed by atoms with Gasteiger partial charge in [-0.05, 0) is 40.0 Å². The molecule has 19 heavy (non-hydrogen) atoms. The van der Waals surface area contributed by atoms with Gasteiger partial charge in [0.15, 0.2) is 5.65 Å². The van der Waals surface area contributed by atoms with E-state index in [1.165, 1.54) is 5.56 Å². The van der Waals surface area contributed by atoms with Crippen molar-refractivity contribution in [1.29, 1.82) is 0 Å². The number of anilines is 1. The van der Waals surface area contributed by atoms with E-state index in [9.17, 15) is 0 Å². The topological polar surface area (TPSA) is 60.0 Å². The highest BCUT2D eigenvalue weighted by molar-refractivity contribution is 9.10. The number of pyridine rings is 1. The first-order chi connectivity index (χ1) is 9.20. The average molecular weight is 321 g/mol. The van der Waals surface area contributed by atoms with Crippen molar-refractivity contribution >= 4 is 27.5 Å². The van der Waals surface area contributed by atoms with Gasteiger partial charge in [0.2, 0.25) is 5.95 Å².